The van der Waals surface area contributed by atoms with Crippen LogP contribution in [0.3, 0.4) is 0 Å². The van der Waals surface area contributed by atoms with Crippen LogP contribution in [0.1, 0.15) is 5.56 Å². The number of ether oxygens (including phenoxy) is 3. The third kappa shape index (κ3) is 2.07. The molecule has 1 aromatic rings. The molecule has 0 saturated heterocycles. The maximum atomic E-state index is 5.21. The first-order chi connectivity index (χ1) is 6.76. The molecule has 0 heterocycles. The molecule has 0 radical (unpaired) electrons. The molecule has 0 saturated carbocycles. The van der Waals surface area contributed by atoms with E-state index < -0.39 is 0 Å². The van der Waals surface area contributed by atoms with Gasteiger partial charge in [0.2, 0.25) is 0 Å². The molecule has 0 N–H and O–H groups in total. The smallest absolute Gasteiger partial charge is 0.130 e. The average Bonchev–Trinajstić information content (AvgIpc) is 2.26. The predicted molar refractivity (Wildman–Crippen MR) is 58.8 cm³/mol. The van der Waals surface area contributed by atoms with Crippen molar-refractivity contribution in [2.75, 3.05) is 21.3 Å². The van der Waals surface area contributed by atoms with Crippen LogP contribution in [0.15, 0.2) is 12.1 Å². The van der Waals surface area contributed by atoms with Crippen molar-refractivity contribution >= 4 is 12.6 Å². The number of benzene rings is 1. The molecule has 78 valence electrons. The second-order valence-corrected chi connectivity index (χ2v) is 2.98. The normalized spacial score (nSPS) is 9.71. The molecule has 0 aliphatic rings. The van der Waals surface area contributed by atoms with Crippen molar-refractivity contribution in [3.05, 3.63) is 17.7 Å². The average molecular weight is 214 g/mol. The Bertz CT molecular complexity index is 287. The summed E-state index contributed by atoms with van der Waals surface area (Å²) in [6.07, 6.45) is 0. The predicted octanol–water partition coefficient (Wildman–Crippen LogP) is 2.14. The largest absolute Gasteiger partial charge is 0.496 e. The zero-order chi connectivity index (χ0) is 10.6. The second-order valence-electron chi connectivity index (χ2n) is 2.67. The van der Waals surface area contributed by atoms with Crippen LogP contribution in [0.25, 0.3) is 0 Å². The van der Waals surface area contributed by atoms with Crippen LogP contribution in [0.2, 0.25) is 0 Å². The van der Waals surface area contributed by atoms with Gasteiger partial charge in [-0.15, -0.1) is 0 Å². The third-order valence-corrected chi connectivity index (χ3v) is 2.29. The molecule has 0 aromatic heterocycles. The summed E-state index contributed by atoms with van der Waals surface area (Å²) in [5.74, 6) is 2.74. The van der Waals surface area contributed by atoms with Crippen molar-refractivity contribution < 1.29 is 14.2 Å². The van der Waals surface area contributed by atoms with E-state index in [1.165, 1.54) is 0 Å². The lowest BCUT2D eigenvalue weighted by Gasteiger charge is -2.13. The highest BCUT2D eigenvalue weighted by Crippen LogP contribution is 2.34. The molecular formula is C10H14O3S. The number of methoxy groups -OCH3 is 3. The molecule has 0 spiro atoms. The molecule has 3 nitrogen and oxygen atoms in total. The van der Waals surface area contributed by atoms with E-state index in [4.69, 9.17) is 14.2 Å². The van der Waals surface area contributed by atoms with E-state index in [1.54, 1.807) is 21.3 Å². The number of hydrogen-bond acceptors (Lipinski definition) is 4. The van der Waals surface area contributed by atoms with Crippen LogP contribution < -0.4 is 14.2 Å². The molecule has 14 heavy (non-hydrogen) atoms. The first-order valence-electron chi connectivity index (χ1n) is 4.16. The first kappa shape index (κ1) is 11.0. The van der Waals surface area contributed by atoms with E-state index in [9.17, 15) is 0 Å². The Balaban J connectivity index is 3.24. The van der Waals surface area contributed by atoms with E-state index in [0.29, 0.717) is 11.5 Å². The van der Waals surface area contributed by atoms with Gasteiger partial charge >= 0.3 is 0 Å². The highest BCUT2D eigenvalue weighted by molar-refractivity contribution is 7.79. The zero-order valence-corrected chi connectivity index (χ0v) is 9.43. The Kier molecular flexibility index (Phi) is 3.95. The number of hydrogen-bond donors (Lipinski definition) is 1. The fourth-order valence-electron chi connectivity index (χ4n) is 1.23. The monoisotopic (exact) mass is 214 g/mol. The minimum atomic E-state index is 0.566. The van der Waals surface area contributed by atoms with Crippen molar-refractivity contribution in [3.63, 3.8) is 0 Å². The Morgan fingerprint density at radius 3 is 1.79 bits per heavy atom. The summed E-state index contributed by atoms with van der Waals surface area (Å²) in [6.45, 7) is 0. The summed E-state index contributed by atoms with van der Waals surface area (Å²) in [4.78, 5) is 0. The van der Waals surface area contributed by atoms with E-state index in [0.717, 1.165) is 17.1 Å². The van der Waals surface area contributed by atoms with Crippen LogP contribution in [0.4, 0.5) is 0 Å². The Hall–Kier alpha value is -1.03. The number of thiol groups is 1. The molecule has 0 fully saturated rings. The van der Waals surface area contributed by atoms with Crippen molar-refractivity contribution in [1.82, 2.24) is 0 Å². The van der Waals surface area contributed by atoms with Gasteiger partial charge in [-0.25, -0.2) is 0 Å². The Labute approximate surface area is 89.4 Å². The molecule has 0 amide bonds. The summed E-state index contributed by atoms with van der Waals surface area (Å²) >= 11 is 4.22. The van der Waals surface area contributed by atoms with Gasteiger partial charge in [-0.05, 0) is 0 Å². The summed E-state index contributed by atoms with van der Waals surface area (Å²) in [6, 6.07) is 3.63. The van der Waals surface area contributed by atoms with Gasteiger partial charge in [0.15, 0.2) is 0 Å². The molecule has 1 rings (SSSR count). The van der Waals surface area contributed by atoms with Crippen molar-refractivity contribution in [1.29, 1.82) is 0 Å². The fraction of sp³-hybridized carbons (Fsp3) is 0.400. The summed E-state index contributed by atoms with van der Waals surface area (Å²) in [5, 5.41) is 0. The van der Waals surface area contributed by atoms with Crippen LogP contribution >= 0.6 is 12.6 Å². The minimum Gasteiger partial charge on any atom is -0.496 e. The maximum Gasteiger partial charge on any atom is 0.130 e. The molecule has 0 aliphatic heterocycles. The maximum absolute atomic E-state index is 5.21. The van der Waals surface area contributed by atoms with Gasteiger partial charge < -0.3 is 14.2 Å². The molecule has 1 aromatic carbocycles. The molecule has 0 atom stereocenters. The van der Waals surface area contributed by atoms with E-state index >= 15 is 0 Å². The minimum absolute atomic E-state index is 0.566. The van der Waals surface area contributed by atoms with Crippen LogP contribution in [0.5, 0.6) is 17.2 Å². The molecule has 0 unspecified atom stereocenters. The lowest BCUT2D eigenvalue weighted by atomic mass is 10.2. The van der Waals surface area contributed by atoms with Gasteiger partial charge in [0, 0.05) is 23.4 Å². The highest BCUT2D eigenvalue weighted by atomic mass is 32.1. The summed E-state index contributed by atoms with van der Waals surface area (Å²) in [5.41, 5.74) is 0.930. The van der Waals surface area contributed by atoms with Gasteiger partial charge in [0.1, 0.15) is 17.2 Å². The highest BCUT2D eigenvalue weighted by Gasteiger charge is 2.10. The second kappa shape index (κ2) is 5.00. The quantitative estimate of drug-likeness (QED) is 0.778. The number of rotatable bonds is 4. The topological polar surface area (TPSA) is 27.7 Å². The van der Waals surface area contributed by atoms with Gasteiger partial charge in [-0.3, -0.25) is 0 Å². The SMILES string of the molecule is COc1cc(OC)c(CS)c(OC)c1. The van der Waals surface area contributed by atoms with Gasteiger partial charge in [0.25, 0.3) is 0 Å². The fourth-order valence-corrected chi connectivity index (χ4v) is 1.55. The molecular weight excluding hydrogens is 200 g/mol. The van der Waals surface area contributed by atoms with E-state index in [1.807, 2.05) is 12.1 Å². The summed E-state index contributed by atoms with van der Waals surface area (Å²) < 4.78 is 15.5. The van der Waals surface area contributed by atoms with Gasteiger partial charge in [-0.1, -0.05) is 0 Å². The van der Waals surface area contributed by atoms with Crippen LogP contribution in [-0.4, -0.2) is 21.3 Å². The lowest BCUT2D eigenvalue weighted by Crippen LogP contribution is -1.96. The van der Waals surface area contributed by atoms with E-state index in [2.05, 4.69) is 12.6 Å². The van der Waals surface area contributed by atoms with Crippen molar-refractivity contribution in [3.8, 4) is 17.2 Å². The van der Waals surface area contributed by atoms with Gasteiger partial charge in [-0.2, -0.15) is 12.6 Å². The van der Waals surface area contributed by atoms with Gasteiger partial charge in [0.05, 0.1) is 21.3 Å². The molecule has 0 bridgehead atoms. The first-order valence-corrected chi connectivity index (χ1v) is 4.79. The van der Waals surface area contributed by atoms with Crippen LogP contribution in [-0.2, 0) is 5.75 Å². The Morgan fingerprint density at radius 1 is 1.00 bits per heavy atom. The third-order valence-electron chi connectivity index (χ3n) is 1.98. The Morgan fingerprint density at radius 2 is 1.50 bits per heavy atom. The lowest BCUT2D eigenvalue weighted by molar-refractivity contribution is 0.371. The molecule has 0 aliphatic carbocycles. The van der Waals surface area contributed by atoms with Crippen molar-refractivity contribution in [2.45, 2.75) is 5.75 Å². The summed E-state index contributed by atoms with van der Waals surface area (Å²) in [7, 11) is 4.83. The zero-order valence-electron chi connectivity index (χ0n) is 8.53. The van der Waals surface area contributed by atoms with E-state index in [-0.39, 0.29) is 0 Å². The standard InChI is InChI=1S/C10H14O3S/c1-11-7-4-9(12-2)8(6-14)10(5-7)13-3/h4-5,14H,6H2,1-3H3. The van der Waals surface area contributed by atoms with Crippen molar-refractivity contribution in [2.24, 2.45) is 0 Å². The molecule has 4 heteroatoms. The van der Waals surface area contributed by atoms with Crippen LogP contribution in [0, 0.1) is 0 Å².